The maximum atomic E-state index is 12.8. The first-order valence-corrected chi connectivity index (χ1v) is 9.98. The van der Waals surface area contributed by atoms with Crippen LogP contribution in [0.25, 0.3) is 11.3 Å². The molecule has 0 radical (unpaired) electrons. The Hall–Kier alpha value is -1.72. The van der Waals surface area contributed by atoms with Crippen molar-refractivity contribution < 1.29 is 26.3 Å². The fourth-order valence-corrected chi connectivity index (χ4v) is 3.97. The molecule has 4 rings (SSSR count). The second kappa shape index (κ2) is 8.98. The largest absolute Gasteiger partial charge is 1.00 e. The van der Waals surface area contributed by atoms with Gasteiger partial charge in [-0.05, 0) is 31.4 Å². The van der Waals surface area contributed by atoms with Gasteiger partial charge in [0.05, 0.1) is 6.54 Å². The molecule has 3 aromatic rings. The topological polar surface area (TPSA) is 25.9 Å². The van der Waals surface area contributed by atoms with Crippen LogP contribution >= 0.6 is 15.9 Å². The van der Waals surface area contributed by atoms with Crippen molar-refractivity contribution in [3.05, 3.63) is 76.7 Å². The van der Waals surface area contributed by atoms with Crippen LogP contribution in [0.4, 0.5) is 0 Å². The smallest absolute Gasteiger partial charge is 0.257 e. The lowest BCUT2D eigenvalue weighted by Crippen LogP contribution is -3.00. The molecule has 2 aromatic carbocycles. The Labute approximate surface area is 178 Å². The lowest BCUT2D eigenvalue weighted by molar-refractivity contribution is -0.690. The van der Waals surface area contributed by atoms with Gasteiger partial charge in [-0.1, -0.05) is 58.4 Å². The van der Waals surface area contributed by atoms with Crippen molar-refractivity contribution >= 4 is 21.7 Å². The summed E-state index contributed by atoms with van der Waals surface area (Å²) in [5.74, 6) is 1.42. The summed E-state index contributed by atoms with van der Waals surface area (Å²) in [6.45, 7) is 1.42. The standard InChI is InChI=1S/C22H22BrN2O.BrH/c23-19-12-10-18(11-13-19)21(26)16-24-15-20(17-7-3-1-4-8-17)25-14-6-2-5-9-22(24)25;/h1,3-4,7-8,10-13,15H,2,5-6,9,14,16H2;1H/q+1;/p-1. The quantitative estimate of drug-likeness (QED) is 0.405. The maximum Gasteiger partial charge on any atom is 0.257 e. The van der Waals surface area contributed by atoms with Gasteiger partial charge in [0.1, 0.15) is 6.20 Å². The number of carbonyl (C=O) groups excluding carboxylic acids is 1. The molecule has 0 fully saturated rings. The Morgan fingerprint density at radius 1 is 1.00 bits per heavy atom. The number of aromatic nitrogens is 2. The van der Waals surface area contributed by atoms with Gasteiger partial charge < -0.3 is 17.0 Å². The summed E-state index contributed by atoms with van der Waals surface area (Å²) in [5.41, 5.74) is 3.19. The van der Waals surface area contributed by atoms with E-state index in [1.807, 2.05) is 30.3 Å². The Morgan fingerprint density at radius 2 is 1.74 bits per heavy atom. The number of carbonyl (C=O) groups is 1. The van der Waals surface area contributed by atoms with E-state index in [2.05, 4.69) is 55.5 Å². The number of imidazole rings is 1. The minimum atomic E-state index is 0. The van der Waals surface area contributed by atoms with E-state index in [1.165, 1.54) is 36.3 Å². The van der Waals surface area contributed by atoms with Gasteiger partial charge in [0.15, 0.2) is 12.2 Å². The molecule has 0 saturated heterocycles. The van der Waals surface area contributed by atoms with Crippen molar-refractivity contribution in [1.82, 2.24) is 4.57 Å². The first-order valence-electron chi connectivity index (χ1n) is 9.18. The maximum absolute atomic E-state index is 12.8. The molecule has 0 aliphatic carbocycles. The number of hydrogen-bond donors (Lipinski definition) is 0. The normalized spacial score (nSPS) is 13.4. The third-order valence-electron chi connectivity index (χ3n) is 5.04. The molecule has 0 atom stereocenters. The van der Waals surface area contributed by atoms with Crippen LogP contribution in [0.2, 0.25) is 0 Å². The number of nitrogens with zero attached hydrogens (tertiary/aromatic N) is 2. The van der Waals surface area contributed by atoms with Crippen LogP contribution in [-0.2, 0) is 19.5 Å². The number of benzene rings is 2. The van der Waals surface area contributed by atoms with Crippen molar-refractivity contribution in [1.29, 1.82) is 0 Å². The molecule has 140 valence electrons. The zero-order chi connectivity index (χ0) is 17.9. The molecule has 0 amide bonds. The fraction of sp³-hybridized carbons (Fsp3) is 0.273. The number of rotatable bonds is 4. The molecule has 0 bridgehead atoms. The fourth-order valence-electron chi connectivity index (χ4n) is 3.70. The van der Waals surface area contributed by atoms with Gasteiger partial charge in [-0.2, -0.15) is 0 Å². The minimum absolute atomic E-state index is 0. The third-order valence-corrected chi connectivity index (χ3v) is 5.57. The lowest BCUT2D eigenvalue weighted by Gasteiger charge is -2.03. The van der Waals surface area contributed by atoms with Gasteiger partial charge in [-0.25, -0.2) is 9.13 Å². The lowest BCUT2D eigenvalue weighted by atomic mass is 10.1. The first kappa shape index (κ1) is 20.0. The van der Waals surface area contributed by atoms with Gasteiger partial charge in [0.2, 0.25) is 5.78 Å². The summed E-state index contributed by atoms with van der Waals surface area (Å²) < 4.78 is 5.57. The van der Waals surface area contributed by atoms with Gasteiger partial charge in [-0.3, -0.25) is 4.79 Å². The summed E-state index contributed by atoms with van der Waals surface area (Å²) in [5, 5.41) is 0. The molecule has 2 heterocycles. The molecule has 1 aliphatic rings. The van der Waals surface area contributed by atoms with Crippen molar-refractivity contribution in [3.8, 4) is 11.3 Å². The van der Waals surface area contributed by atoms with Gasteiger partial charge in [-0.15, -0.1) is 0 Å². The zero-order valence-corrected chi connectivity index (χ0v) is 18.2. The van der Waals surface area contributed by atoms with Crippen LogP contribution in [-0.4, -0.2) is 10.4 Å². The monoisotopic (exact) mass is 488 g/mol. The highest BCUT2D eigenvalue weighted by Crippen LogP contribution is 2.24. The number of Topliss-reactive ketones (excluding diaryl/α,β-unsaturated/α-hetero) is 1. The number of hydrogen-bond acceptors (Lipinski definition) is 1. The summed E-state index contributed by atoms with van der Waals surface area (Å²) in [4.78, 5) is 12.8. The van der Waals surface area contributed by atoms with E-state index in [1.54, 1.807) is 0 Å². The summed E-state index contributed by atoms with van der Waals surface area (Å²) in [6, 6.07) is 18.1. The molecule has 5 heteroatoms. The minimum Gasteiger partial charge on any atom is -1.00 e. The van der Waals surface area contributed by atoms with Crippen LogP contribution in [0.5, 0.6) is 0 Å². The molecular weight excluding hydrogens is 468 g/mol. The van der Waals surface area contributed by atoms with E-state index in [9.17, 15) is 4.79 Å². The summed E-state index contributed by atoms with van der Waals surface area (Å²) in [7, 11) is 0. The van der Waals surface area contributed by atoms with Crippen LogP contribution < -0.4 is 21.5 Å². The van der Waals surface area contributed by atoms with E-state index in [0.29, 0.717) is 6.54 Å². The predicted octanol–water partition coefficient (Wildman–Crippen LogP) is 1.82. The molecule has 1 aliphatic heterocycles. The average molecular weight is 490 g/mol. The first-order chi connectivity index (χ1) is 12.7. The predicted molar refractivity (Wildman–Crippen MR) is 106 cm³/mol. The Balaban J connectivity index is 0.00000210. The molecular formula is C22H22Br2N2O. The van der Waals surface area contributed by atoms with Crippen molar-refractivity contribution in [2.75, 3.05) is 0 Å². The van der Waals surface area contributed by atoms with E-state index in [0.717, 1.165) is 23.0 Å². The van der Waals surface area contributed by atoms with E-state index >= 15 is 0 Å². The molecule has 0 spiro atoms. The molecule has 0 unspecified atom stereocenters. The van der Waals surface area contributed by atoms with E-state index in [-0.39, 0.29) is 22.8 Å². The van der Waals surface area contributed by atoms with Crippen molar-refractivity contribution in [2.45, 2.75) is 38.8 Å². The number of fused-ring (bicyclic) bond motifs is 1. The number of halogens is 2. The van der Waals surface area contributed by atoms with Crippen LogP contribution in [0.15, 0.2) is 65.3 Å². The third kappa shape index (κ3) is 4.41. The summed E-state index contributed by atoms with van der Waals surface area (Å²) >= 11 is 3.43. The Kier molecular flexibility index (Phi) is 6.66. The number of ketones is 1. The van der Waals surface area contributed by atoms with Crippen molar-refractivity contribution in [3.63, 3.8) is 0 Å². The molecule has 0 N–H and O–H groups in total. The Bertz CT molecular complexity index is 917. The van der Waals surface area contributed by atoms with Gasteiger partial charge >= 0.3 is 0 Å². The van der Waals surface area contributed by atoms with Gasteiger partial charge in [0, 0.05) is 22.0 Å². The summed E-state index contributed by atoms with van der Waals surface area (Å²) in [6.07, 6.45) is 6.82. The molecule has 27 heavy (non-hydrogen) atoms. The highest BCUT2D eigenvalue weighted by Gasteiger charge is 2.27. The highest BCUT2D eigenvalue weighted by atomic mass is 79.9. The molecule has 3 nitrogen and oxygen atoms in total. The second-order valence-corrected chi connectivity index (χ2v) is 7.73. The SMILES string of the molecule is O=C(C[n+]1cc(-c2ccccc2)n2c1CCCCC2)c1ccc(Br)cc1.[Br-]. The molecule has 1 aromatic heterocycles. The second-order valence-electron chi connectivity index (χ2n) is 6.82. The Morgan fingerprint density at radius 3 is 2.48 bits per heavy atom. The van der Waals surface area contributed by atoms with Crippen LogP contribution in [0.3, 0.4) is 0 Å². The van der Waals surface area contributed by atoms with Gasteiger partial charge in [0.25, 0.3) is 5.82 Å². The zero-order valence-electron chi connectivity index (χ0n) is 15.1. The van der Waals surface area contributed by atoms with Crippen LogP contribution in [0, 0.1) is 0 Å². The van der Waals surface area contributed by atoms with E-state index in [4.69, 9.17) is 0 Å². The average Bonchev–Trinajstić information content (AvgIpc) is 2.84. The van der Waals surface area contributed by atoms with Crippen molar-refractivity contribution in [2.24, 2.45) is 0 Å². The van der Waals surface area contributed by atoms with E-state index < -0.39 is 0 Å². The van der Waals surface area contributed by atoms with Crippen LogP contribution in [0.1, 0.15) is 35.4 Å². The highest BCUT2D eigenvalue weighted by molar-refractivity contribution is 9.10. The molecule has 0 saturated carbocycles.